The van der Waals surface area contributed by atoms with Gasteiger partial charge in [0.25, 0.3) is 0 Å². The van der Waals surface area contributed by atoms with E-state index in [-0.39, 0.29) is 10.8 Å². The molecule has 5 aliphatic carbocycles. The highest BCUT2D eigenvalue weighted by Crippen LogP contribution is 2.65. The Kier molecular flexibility index (Phi) is 6.13. The Balaban J connectivity index is 1.10. The van der Waals surface area contributed by atoms with E-state index in [1.54, 1.807) is 0 Å². The highest BCUT2D eigenvalue weighted by molar-refractivity contribution is 5.96. The van der Waals surface area contributed by atoms with Gasteiger partial charge < -0.3 is 0 Å². The number of Topliss-reactive ketones (excluding diaryl/α,β-unsaturated/α-hetero) is 1. The van der Waals surface area contributed by atoms with Gasteiger partial charge in [0.1, 0.15) is 5.78 Å². The van der Waals surface area contributed by atoms with Gasteiger partial charge in [-0.3, -0.25) is 4.79 Å². The van der Waals surface area contributed by atoms with Crippen molar-refractivity contribution in [2.45, 2.75) is 129 Å². The lowest BCUT2D eigenvalue weighted by atomic mass is 9.42. The highest BCUT2D eigenvalue weighted by atomic mass is 16.1. The second kappa shape index (κ2) is 8.55. The Labute approximate surface area is 186 Å². The van der Waals surface area contributed by atoms with Crippen LogP contribution in [0.2, 0.25) is 0 Å². The third-order valence-corrected chi connectivity index (χ3v) is 11.5. The highest BCUT2D eigenvalue weighted by Gasteiger charge is 2.63. The van der Waals surface area contributed by atoms with Crippen molar-refractivity contribution in [3.63, 3.8) is 0 Å². The number of hydrogen-bond acceptors (Lipinski definition) is 1. The van der Waals surface area contributed by atoms with Crippen LogP contribution in [0.3, 0.4) is 0 Å². The normalized spacial score (nSPS) is 49.9. The quantitative estimate of drug-likeness (QED) is 0.455. The zero-order chi connectivity index (χ0) is 20.8. The minimum atomic E-state index is 0.143. The summed E-state index contributed by atoms with van der Waals surface area (Å²) in [5.41, 5.74) is 0.286. The van der Waals surface area contributed by atoms with Crippen LogP contribution in [0.4, 0.5) is 0 Å². The second-order valence-corrected chi connectivity index (χ2v) is 13.0. The maximum absolute atomic E-state index is 13.6. The topological polar surface area (TPSA) is 17.1 Å². The third-order valence-electron chi connectivity index (χ3n) is 11.5. The predicted molar refractivity (Wildman–Crippen MR) is 125 cm³/mol. The molecule has 0 bridgehead atoms. The molecule has 0 aromatic carbocycles. The molecule has 0 N–H and O–H groups in total. The van der Waals surface area contributed by atoms with Crippen molar-refractivity contribution in [2.75, 3.05) is 0 Å². The monoisotopic (exact) mass is 412 g/mol. The maximum Gasteiger partial charge on any atom is 0.145 e. The van der Waals surface area contributed by atoms with Gasteiger partial charge in [-0.2, -0.15) is 0 Å². The van der Waals surface area contributed by atoms with Crippen LogP contribution in [-0.4, -0.2) is 5.78 Å². The van der Waals surface area contributed by atoms with Crippen LogP contribution in [-0.2, 0) is 4.79 Å². The van der Waals surface area contributed by atoms with Gasteiger partial charge in [0.15, 0.2) is 0 Å². The van der Waals surface area contributed by atoms with Gasteiger partial charge in [-0.25, -0.2) is 0 Å². The summed E-state index contributed by atoms with van der Waals surface area (Å²) in [5, 5.41) is 0. The second-order valence-electron chi connectivity index (χ2n) is 13.0. The fourth-order valence-corrected chi connectivity index (χ4v) is 9.23. The molecule has 30 heavy (non-hydrogen) atoms. The van der Waals surface area contributed by atoms with E-state index in [2.05, 4.69) is 13.8 Å². The van der Waals surface area contributed by atoms with Crippen molar-refractivity contribution in [1.29, 1.82) is 0 Å². The first-order chi connectivity index (χ1) is 14.5. The van der Waals surface area contributed by atoms with Crippen molar-refractivity contribution < 1.29 is 4.79 Å². The van der Waals surface area contributed by atoms with Gasteiger partial charge in [0, 0.05) is 10.8 Å². The van der Waals surface area contributed by atoms with E-state index in [9.17, 15) is 4.79 Å². The van der Waals surface area contributed by atoms with Crippen LogP contribution >= 0.6 is 0 Å². The Bertz CT molecular complexity index is 588. The van der Waals surface area contributed by atoms with Gasteiger partial charge in [0.2, 0.25) is 0 Å². The molecule has 1 nitrogen and oxygen atoms in total. The van der Waals surface area contributed by atoms with Crippen LogP contribution in [0.15, 0.2) is 0 Å². The Morgan fingerprint density at radius 3 is 1.43 bits per heavy atom. The summed E-state index contributed by atoms with van der Waals surface area (Å²) in [7, 11) is 0. The van der Waals surface area contributed by atoms with E-state index in [0.717, 1.165) is 41.3 Å². The van der Waals surface area contributed by atoms with Crippen LogP contribution in [0.1, 0.15) is 129 Å². The van der Waals surface area contributed by atoms with E-state index in [1.807, 2.05) is 0 Å². The van der Waals surface area contributed by atoms with Crippen LogP contribution in [0, 0.1) is 46.3 Å². The van der Waals surface area contributed by atoms with Crippen molar-refractivity contribution in [2.24, 2.45) is 46.3 Å². The van der Waals surface area contributed by atoms with E-state index < -0.39 is 0 Å². The molecule has 2 spiro atoms. The Hall–Kier alpha value is -0.330. The Morgan fingerprint density at radius 2 is 1.03 bits per heavy atom. The van der Waals surface area contributed by atoms with E-state index in [0.29, 0.717) is 0 Å². The summed E-state index contributed by atoms with van der Waals surface area (Å²) in [6, 6.07) is 0. The molecule has 5 aliphatic rings. The first kappa shape index (κ1) is 21.5. The first-order valence-electron chi connectivity index (χ1n) is 14.1. The molecule has 0 heterocycles. The summed E-state index contributed by atoms with van der Waals surface area (Å²) < 4.78 is 0. The van der Waals surface area contributed by atoms with E-state index in [1.165, 1.54) is 116 Å². The molecule has 5 rings (SSSR count). The molecule has 0 amide bonds. The van der Waals surface area contributed by atoms with Gasteiger partial charge in [0.05, 0.1) is 0 Å². The number of hydrogen-bond donors (Lipinski definition) is 0. The van der Waals surface area contributed by atoms with Crippen LogP contribution in [0.25, 0.3) is 0 Å². The number of carbonyl (C=O) groups excluding carboxylic acids is 1. The average molecular weight is 413 g/mol. The molecule has 1 heteroatoms. The molecule has 170 valence electrons. The standard InChI is InChI=1S/C29H48O/c1-3-22-6-10-24(11-7-22)26-14-18-29(19-15-26)20-28(27(29)30)16-12-25(13-17-28)23-8-4-21(2)5-9-23/h21-26H,3-20H2,1-2H3/t21?,22?,23?,24?,25-,26?,28-,29-. The first-order valence-corrected chi connectivity index (χ1v) is 14.1. The molecule has 0 aromatic rings. The summed E-state index contributed by atoms with van der Waals surface area (Å²) >= 11 is 0. The van der Waals surface area contributed by atoms with Gasteiger partial charge in [-0.15, -0.1) is 0 Å². The lowest BCUT2D eigenvalue weighted by molar-refractivity contribution is -0.170. The van der Waals surface area contributed by atoms with Crippen molar-refractivity contribution in [3.05, 3.63) is 0 Å². The minimum absolute atomic E-state index is 0.143. The number of rotatable bonds is 3. The van der Waals surface area contributed by atoms with Crippen molar-refractivity contribution in [1.82, 2.24) is 0 Å². The predicted octanol–water partition coefficient (Wildman–Crippen LogP) is 8.36. The molecular weight excluding hydrogens is 364 g/mol. The largest absolute Gasteiger partial charge is 0.298 e. The zero-order valence-electron chi connectivity index (χ0n) is 20.1. The molecule has 5 fully saturated rings. The molecule has 0 aromatic heterocycles. The van der Waals surface area contributed by atoms with Gasteiger partial charge in [-0.1, -0.05) is 46.0 Å². The summed E-state index contributed by atoms with van der Waals surface area (Å²) in [6.45, 7) is 4.81. The molecule has 0 aliphatic heterocycles. The third kappa shape index (κ3) is 3.83. The molecule has 0 radical (unpaired) electrons. The number of ketones is 1. The van der Waals surface area contributed by atoms with Crippen LogP contribution in [0.5, 0.6) is 0 Å². The molecule has 5 saturated carbocycles. The summed E-state index contributed by atoms with van der Waals surface area (Å²) in [6.07, 6.45) is 24.9. The zero-order valence-corrected chi connectivity index (χ0v) is 20.1. The lowest BCUT2D eigenvalue weighted by Gasteiger charge is -2.60. The molecular formula is C29H48O. The van der Waals surface area contributed by atoms with Crippen molar-refractivity contribution >= 4 is 5.78 Å². The summed E-state index contributed by atoms with van der Waals surface area (Å²) in [4.78, 5) is 13.6. The minimum Gasteiger partial charge on any atom is -0.298 e. The SMILES string of the molecule is CCC1CCC(C2CC[C@]3(CC2)C[C@@]2(CC[C@H](C4CCC(C)CC4)CC2)C3=O)CC1. The van der Waals surface area contributed by atoms with Gasteiger partial charge >= 0.3 is 0 Å². The Morgan fingerprint density at radius 1 is 0.633 bits per heavy atom. The molecule has 0 atom stereocenters. The fourth-order valence-electron chi connectivity index (χ4n) is 9.23. The van der Waals surface area contributed by atoms with Crippen LogP contribution < -0.4 is 0 Å². The van der Waals surface area contributed by atoms with E-state index in [4.69, 9.17) is 0 Å². The van der Waals surface area contributed by atoms with E-state index >= 15 is 0 Å². The smallest absolute Gasteiger partial charge is 0.145 e. The molecule has 0 unspecified atom stereocenters. The van der Waals surface area contributed by atoms with Gasteiger partial charge in [-0.05, 0) is 119 Å². The fraction of sp³-hybridized carbons (Fsp3) is 0.966. The van der Waals surface area contributed by atoms with Crippen molar-refractivity contribution in [3.8, 4) is 0 Å². The molecule has 0 saturated heterocycles. The number of carbonyl (C=O) groups is 1. The maximum atomic E-state index is 13.6. The summed E-state index contributed by atoms with van der Waals surface area (Å²) in [5.74, 6) is 6.59. The average Bonchev–Trinajstić information content (AvgIpc) is 2.80. The lowest BCUT2D eigenvalue weighted by Crippen LogP contribution is -2.60.